The molecule has 3 rings (SSSR count). The lowest BCUT2D eigenvalue weighted by Gasteiger charge is -2.45. The fraction of sp³-hybridized carbons (Fsp3) is 0.500. The average molecular weight is 353 g/mol. The number of nitrogens with two attached hydrogens (primary N) is 1. The Morgan fingerprint density at radius 2 is 1.65 bits per heavy atom. The standard InChI is InChI=1S/C24H33NO/c1-20(22-12-8-5-9-13-22)25-16-14-24(15-17-26-23(2,3)19-24)18-21-10-6-4-7-11-21/h4-13,20,25H,14-19H2,1-3H3/p+1/t20-,24-/m0/s1. The molecule has 0 bridgehead atoms. The fourth-order valence-corrected chi connectivity index (χ4v) is 4.60. The van der Waals surface area contributed by atoms with Gasteiger partial charge in [0.15, 0.2) is 0 Å². The van der Waals surface area contributed by atoms with Crippen molar-refractivity contribution in [1.29, 1.82) is 0 Å². The Balaban J connectivity index is 1.66. The van der Waals surface area contributed by atoms with Crippen molar-refractivity contribution < 1.29 is 10.1 Å². The molecule has 140 valence electrons. The van der Waals surface area contributed by atoms with Crippen LogP contribution in [0.2, 0.25) is 0 Å². The van der Waals surface area contributed by atoms with E-state index in [9.17, 15) is 0 Å². The number of rotatable bonds is 7. The zero-order chi connectivity index (χ0) is 18.5. The van der Waals surface area contributed by atoms with Crippen LogP contribution in [0.25, 0.3) is 0 Å². The molecule has 0 radical (unpaired) electrons. The van der Waals surface area contributed by atoms with E-state index in [1.807, 2.05) is 0 Å². The summed E-state index contributed by atoms with van der Waals surface area (Å²) >= 11 is 0. The highest BCUT2D eigenvalue weighted by atomic mass is 16.5. The van der Waals surface area contributed by atoms with Gasteiger partial charge in [-0.3, -0.25) is 0 Å². The third-order valence-corrected chi connectivity index (χ3v) is 5.87. The molecule has 0 saturated carbocycles. The Morgan fingerprint density at radius 3 is 2.31 bits per heavy atom. The van der Waals surface area contributed by atoms with Crippen molar-refractivity contribution >= 4 is 0 Å². The van der Waals surface area contributed by atoms with E-state index < -0.39 is 0 Å². The predicted molar refractivity (Wildman–Crippen MR) is 108 cm³/mol. The maximum absolute atomic E-state index is 6.04. The summed E-state index contributed by atoms with van der Waals surface area (Å²) in [4.78, 5) is 0. The second-order valence-corrected chi connectivity index (χ2v) is 8.67. The Bertz CT molecular complexity index is 667. The van der Waals surface area contributed by atoms with Crippen LogP contribution in [0.1, 0.15) is 57.2 Å². The van der Waals surface area contributed by atoms with Crippen molar-refractivity contribution in [2.75, 3.05) is 13.2 Å². The molecule has 1 saturated heterocycles. The number of ether oxygens (including phenoxy) is 1. The van der Waals surface area contributed by atoms with Crippen LogP contribution in [-0.2, 0) is 11.2 Å². The Kier molecular flexibility index (Phi) is 6.16. The highest BCUT2D eigenvalue weighted by Crippen LogP contribution is 2.43. The van der Waals surface area contributed by atoms with Crippen LogP contribution in [0.5, 0.6) is 0 Å². The summed E-state index contributed by atoms with van der Waals surface area (Å²) in [5, 5.41) is 2.50. The zero-order valence-corrected chi connectivity index (χ0v) is 16.6. The zero-order valence-electron chi connectivity index (χ0n) is 16.6. The number of hydrogen-bond acceptors (Lipinski definition) is 1. The Hall–Kier alpha value is -1.64. The summed E-state index contributed by atoms with van der Waals surface area (Å²) in [6.07, 6.45) is 4.71. The van der Waals surface area contributed by atoms with Crippen molar-refractivity contribution in [2.24, 2.45) is 5.41 Å². The smallest absolute Gasteiger partial charge is 0.109 e. The maximum Gasteiger partial charge on any atom is 0.109 e. The Morgan fingerprint density at radius 1 is 1.00 bits per heavy atom. The highest BCUT2D eigenvalue weighted by Gasteiger charge is 2.41. The van der Waals surface area contributed by atoms with E-state index in [0.717, 1.165) is 19.4 Å². The van der Waals surface area contributed by atoms with Crippen molar-refractivity contribution in [3.05, 3.63) is 71.8 Å². The van der Waals surface area contributed by atoms with Crippen molar-refractivity contribution in [1.82, 2.24) is 0 Å². The normalized spacial score (nSPS) is 23.5. The summed E-state index contributed by atoms with van der Waals surface area (Å²) < 4.78 is 6.04. The van der Waals surface area contributed by atoms with Crippen LogP contribution < -0.4 is 5.32 Å². The lowest BCUT2D eigenvalue weighted by atomic mass is 9.68. The summed E-state index contributed by atoms with van der Waals surface area (Å²) in [6, 6.07) is 22.3. The van der Waals surface area contributed by atoms with Gasteiger partial charge in [0.2, 0.25) is 0 Å². The molecule has 1 fully saturated rings. The van der Waals surface area contributed by atoms with Gasteiger partial charge in [0, 0.05) is 18.6 Å². The molecule has 0 spiro atoms. The quantitative estimate of drug-likeness (QED) is 0.779. The van der Waals surface area contributed by atoms with Crippen molar-refractivity contribution in [2.45, 2.75) is 58.1 Å². The van der Waals surface area contributed by atoms with Crippen LogP contribution in [0.3, 0.4) is 0 Å². The van der Waals surface area contributed by atoms with Gasteiger partial charge in [-0.2, -0.15) is 0 Å². The van der Waals surface area contributed by atoms with Gasteiger partial charge in [-0.15, -0.1) is 0 Å². The van der Waals surface area contributed by atoms with Crippen LogP contribution in [-0.4, -0.2) is 18.8 Å². The lowest BCUT2D eigenvalue weighted by Crippen LogP contribution is -2.85. The van der Waals surface area contributed by atoms with Crippen molar-refractivity contribution in [3.8, 4) is 0 Å². The second-order valence-electron chi connectivity index (χ2n) is 8.67. The average Bonchev–Trinajstić information content (AvgIpc) is 2.62. The minimum absolute atomic E-state index is 0.0158. The van der Waals surface area contributed by atoms with Gasteiger partial charge >= 0.3 is 0 Å². The van der Waals surface area contributed by atoms with E-state index in [0.29, 0.717) is 11.5 Å². The van der Waals surface area contributed by atoms with E-state index in [4.69, 9.17) is 4.74 Å². The molecule has 2 aromatic rings. The van der Waals surface area contributed by atoms with Gasteiger partial charge in [0.05, 0.1) is 12.1 Å². The molecule has 0 amide bonds. The van der Waals surface area contributed by atoms with Gasteiger partial charge < -0.3 is 10.1 Å². The van der Waals surface area contributed by atoms with Crippen LogP contribution >= 0.6 is 0 Å². The largest absolute Gasteiger partial charge is 0.376 e. The molecule has 2 heteroatoms. The lowest BCUT2D eigenvalue weighted by molar-refractivity contribution is -0.694. The van der Waals surface area contributed by atoms with Gasteiger partial charge in [-0.05, 0) is 51.0 Å². The van der Waals surface area contributed by atoms with Crippen LogP contribution in [0.4, 0.5) is 0 Å². The Labute approximate surface area is 159 Å². The first-order valence-electron chi connectivity index (χ1n) is 10.0. The third-order valence-electron chi connectivity index (χ3n) is 5.87. The molecule has 0 unspecified atom stereocenters. The SMILES string of the molecule is C[C@H]([NH2+]CC[C@@]1(Cc2ccccc2)CCOC(C)(C)C1)c1ccccc1. The summed E-state index contributed by atoms with van der Waals surface area (Å²) in [6.45, 7) is 8.87. The molecule has 2 nitrogen and oxygen atoms in total. The number of benzene rings is 2. The van der Waals surface area contributed by atoms with Gasteiger partial charge in [0.1, 0.15) is 6.04 Å². The van der Waals surface area contributed by atoms with Crippen LogP contribution in [0, 0.1) is 5.41 Å². The van der Waals surface area contributed by atoms with Gasteiger partial charge in [-0.25, -0.2) is 0 Å². The summed E-state index contributed by atoms with van der Waals surface area (Å²) in [5.74, 6) is 0. The number of hydrogen-bond donors (Lipinski definition) is 1. The molecule has 1 aliphatic heterocycles. The van der Waals surface area contributed by atoms with E-state index in [1.54, 1.807) is 0 Å². The molecule has 1 aliphatic rings. The number of quaternary nitrogens is 1. The van der Waals surface area contributed by atoms with Crippen LogP contribution in [0.15, 0.2) is 60.7 Å². The van der Waals surface area contributed by atoms with E-state index >= 15 is 0 Å². The van der Waals surface area contributed by atoms with Crippen molar-refractivity contribution in [3.63, 3.8) is 0 Å². The van der Waals surface area contributed by atoms with Gasteiger partial charge in [0.25, 0.3) is 0 Å². The van der Waals surface area contributed by atoms with E-state index in [1.165, 1.54) is 30.5 Å². The monoisotopic (exact) mass is 352 g/mol. The molecule has 0 aliphatic carbocycles. The van der Waals surface area contributed by atoms with Gasteiger partial charge in [-0.1, -0.05) is 60.7 Å². The first kappa shape index (κ1) is 19.1. The molecule has 26 heavy (non-hydrogen) atoms. The highest BCUT2D eigenvalue weighted by molar-refractivity contribution is 5.18. The third kappa shape index (κ3) is 5.18. The van der Waals surface area contributed by atoms with E-state index in [2.05, 4.69) is 86.8 Å². The first-order chi connectivity index (χ1) is 12.5. The first-order valence-corrected chi connectivity index (χ1v) is 10.0. The minimum Gasteiger partial charge on any atom is -0.376 e. The second kappa shape index (κ2) is 8.37. The predicted octanol–water partition coefficient (Wildman–Crippen LogP) is 4.52. The molecule has 0 aromatic heterocycles. The molecule has 1 heterocycles. The molecular weight excluding hydrogens is 318 g/mol. The molecule has 2 atom stereocenters. The topological polar surface area (TPSA) is 25.8 Å². The molecule has 2 N–H and O–H groups in total. The molecular formula is C24H34NO+. The summed E-state index contributed by atoms with van der Waals surface area (Å²) in [7, 11) is 0. The van der Waals surface area contributed by atoms with E-state index in [-0.39, 0.29) is 5.60 Å². The minimum atomic E-state index is -0.0158. The summed E-state index contributed by atoms with van der Waals surface area (Å²) in [5.41, 5.74) is 3.20. The molecule has 2 aromatic carbocycles. The fourth-order valence-electron chi connectivity index (χ4n) is 4.60. The maximum atomic E-state index is 6.04.